The number of nitrogens with zero attached hydrogens (tertiary/aromatic N) is 4. The minimum Gasteiger partial charge on any atom is -0.454 e. The van der Waals surface area contributed by atoms with Crippen molar-refractivity contribution in [2.75, 3.05) is 11.1 Å². The Hall–Kier alpha value is -4.12. The van der Waals surface area contributed by atoms with Crippen molar-refractivity contribution in [2.24, 2.45) is 0 Å². The van der Waals surface area contributed by atoms with Gasteiger partial charge in [-0.05, 0) is 43.3 Å². The number of nitrogens with one attached hydrogen (secondary N) is 1. The summed E-state index contributed by atoms with van der Waals surface area (Å²) in [7, 11) is 0. The molecule has 0 saturated heterocycles. The molecule has 0 fully saturated rings. The molecule has 0 unspecified atom stereocenters. The molecule has 0 aliphatic carbocycles. The van der Waals surface area contributed by atoms with Gasteiger partial charge in [-0.3, -0.25) is 0 Å². The molecule has 168 valence electrons. The van der Waals surface area contributed by atoms with Crippen LogP contribution in [0.5, 0.6) is 0 Å². The third-order valence-electron chi connectivity index (χ3n) is 4.40. The molecule has 2 aromatic carbocycles. The number of carbonyl (C=O) groups is 1. The Morgan fingerprint density at radius 2 is 1.91 bits per heavy atom. The van der Waals surface area contributed by atoms with Gasteiger partial charge in [-0.2, -0.15) is 15.0 Å². The molecule has 9 nitrogen and oxygen atoms in total. The molecule has 0 atom stereocenters. The van der Waals surface area contributed by atoms with Crippen LogP contribution in [0.15, 0.2) is 47.0 Å². The number of aryl methyl sites for hydroxylation is 1. The van der Waals surface area contributed by atoms with Crippen LogP contribution in [-0.4, -0.2) is 26.1 Å². The third kappa shape index (κ3) is 4.88. The van der Waals surface area contributed by atoms with E-state index >= 15 is 0 Å². The molecule has 0 amide bonds. The highest BCUT2D eigenvalue weighted by Gasteiger charge is 2.26. The van der Waals surface area contributed by atoms with E-state index in [0.717, 1.165) is 0 Å². The van der Waals surface area contributed by atoms with Crippen molar-refractivity contribution in [1.82, 2.24) is 20.1 Å². The van der Waals surface area contributed by atoms with Gasteiger partial charge >= 0.3 is 5.97 Å². The van der Waals surface area contributed by atoms with Crippen LogP contribution in [0.2, 0.25) is 5.02 Å². The Morgan fingerprint density at radius 1 is 1.15 bits per heavy atom. The molecule has 0 radical (unpaired) electrons. The Bertz CT molecular complexity index is 1310. The Kier molecular flexibility index (Phi) is 6.13. The highest BCUT2D eigenvalue weighted by atomic mass is 35.5. The molecule has 0 spiro atoms. The summed E-state index contributed by atoms with van der Waals surface area (Å²) in [6.07, 6.45) is 0. The van der Waals surface area contributed by atoms with Crippen LogP contribution in [0.4, 0.5) is 26.4 Å². The van der Waals surface area contributed by atoms with Crippen molar-refractivity contribution in [3.63, 3.8) is 0 Å². The van der Waals surface area contributed by atoms with Gasteiger partial charge < -0.3 is 20.3 Å². The first-order valence-electron chi connectivity index (χ1n) is 9.42. The normalized spacial score (nSPS) is 10.8. The summed E-state index contributed by atoms with van der Waals surface area (Å²) >= 11 is 6.09. The fraction of sp³-hybridized carbons (Fsp3) is 0.0952. The summed E-state index contributed by atoms with van der Waals surface area (Å²) in [5.74, 6) is -1.82. The number of esters is 1. The van der Waals surface area contributed by atoms with Crippen LogP contribution >= 0.6 is 11.6 Å². The second kappa shape index (κ2) is 9.17. The number of hydrogen-bond acceptors (Lipinski definition) is 9. The van der Waals surface area contributed by atoms with E-state index < -0.39 is 17.6 Å². The predicted octanol–water partition coefficient (Wildman–Crippen LogP) is 4.45. The van der Waals surface area contributed by atoms with Gasteiger partial charge in [-0.25, -0.2) is 13.6 Å². The van der Waals surface area contributed by atoms with Crippen LogP contribution in [0, 0.1) is 18.6 Å². The minimum atomic E-state index is -0.852. The molecule has 4 aromatic rings. The van der Waals surface area contributed by atoms with Gasteiger partial charge in [-0.15, -0.1) is 0 Å². The molecule has 33 heavy (non-hydrogen) atoms. The zero-order chi connectivity index (χ0) is 23.5. The molecule has 3 N–H and O–H groups in total. The van der Waals surface area contributed by atoms with Gasteiger partial charge in [0.1, 0.15) is 28.7 Å². The van der Waals surface area contributed by atoms with Crippen LogP contribution in [0.1, 0.15) is 21.9 Å². The molecule has 2 heterocycles. The van der Waals surface area contributed by atoms with E-state index in [1.807, 2.05) is 0 Å². The van der Waals surface area contributed by atoms with Crippen molar-refractivity contribution >= 4 is 35.2 Å². The Balaban J connectivity index is 1.54. The van der Waals surface area contributed by atoms with Crippen LogP contribution < -0.4 is 11.1 Å². The second-order valence-corrected chi connectivity index (χ2v) is 7.11. The van der Waals surface area contributed by atoms with E-state index in [-0.39, 0.29) is 51.9 Å². The monoisotopic (exact) mass is 472 g/mol. The van der Waals surface area contributed by atoms with Gasteiger partial charge in [0.2, 0.25) is 11.9 Å². The summed E-state index contributed by atoms with van der Waals surface area (Å²) in [6, 6.07) is 9.56. The largest absolute Gasteiger partial charge is 0.454 e. The first-order chi connectivity index (χ1) is 15.8. The zero-order valence-corrected chi connectivity index (χ0v) is 17.7. The second-order valence-electron chi connectivity index (χ2n) is 6.70. The van der Waals surface area contributed by atoms with Gasteiger partial charge in [-0.1, -0.05) is 22.8 Å². The number of benzene rings is 2. The Morgan fingerprint density at radius 3 is 2.64 bits per heavy atom. The first kappa shape index (κ1) is 22.1. The van der Waals surface area contributed by atoms with Gasteiger partial charge in [0.15, 0.2) is 12.4 Å². The zero-order valence-electron chi connectivity index (χ0n) is 17.0. The maximum absolute atomic E-state index is 14.3. The maximum Gasteiger partial charge on any atom is 0.344 e. The van der Waals surface area contributed by atoms with Crippen LogP contribution in [0.3, 0.4) is 0 Å². The highest BCUT2D eigenvalue weighted by Crippen LogP contribution is 2.33. The molecular weight excluding hydrogens is 458 g/mol. The number of anilines is 3. The van der Waals surface area contributed by atoms with E-state index in [1.165, 1.54) is 49.4 Å². The summed E-state index contributed by atoms with van der Waals surface area (Å²) in [6.45, 7) is 1.10. The van der Waals surface area contributed by atoms with Gasteiger partial charge in [0.05, 0.1) is 10.6 Å². The fourth-order valence-corrected chi connectivity index (χ4v) is 3.18. The maximum atomic E-state index is 14.3. The number of aromatic nitrogens is 4. The molecule has 0 bridgehead atoms. The van der Waals surface area contributed by atoms with E-state index in [9.17, 15) is 13.6 Å². The number of nitrogen functional groups attached to an aromatic ring is 1. The van der Waals surface area contributed by atoms with Gasteiger partial charge in [0, 0.05) is 5.69 Å². The lowest BCUT2D eigenvalue weighted by molar-refractivity contribution is 0.0461. The third-order valence-corrected chi connectivity index (χ3v) is 4.71. The standard InChI is InChI=1S/C21H15ClF2N6O3/c1-10-16(18(30-33-10)17-13(22)3-2-4-14(17)24)19(31)32-9-15-27-20(25)29-21(28-15)26-12-7-5-11(23)6-8-12/h2-8H,9H2,1H3,(H3,25,26,27,28,29). The quantitative estimate of drug-likeness (QED) is 0.391. The number of ether oxygens (including phenoxy) is 1. The lowest BCUT2D eigenvalue weighted by atomic mass is 10.1. The molecule has 0 aliphatic heterocycles. The van der Waals surface area contributed by atoms with Crippen LogP contribution in [-0.2, 0) is 11.3 Å². The molecular formula is C21H15ClF2N6O3. The van der Waals surface area contributed by atoms with Crippen molar-refractivity contribution in [3.05, 3.63) is 76.3 Å². The summed E-state index contributed by atoms with van der Waals surface area (Å²) in [4.78, 5) is 24.8. The molecule has 0 saturated carbocycles. The summed E-state index contributed by atoms with van der Waals surface area (Å²) in [5, 5.41) is 6.67. The first-order valence-corrected chi connectivity index (χ1v) is 9.80. The summed E-state index contributed by atoms with van der Waals surface area (Å²) in [5.41, 5.74) is 5.96. The predicted molar refractivity (Wildman–Crippen MR) is 115 cm³/mol. The van der Waals surface area contributed by atoms with E-state index in [0.29, 0.717) is 5.69 Å². The number of rotatable bonds is 6. The highest BCUT2D eigenvalue weighted by molar-refractivity contribution is 6.33. The topological polar surface area (TPSA) is 129 Å². The average Bonchev–Trinajstić information content (AvgIpc) is 3.14. The number of carbonyl (C=O) groups excluding carboxylic acids is 1. The van der Waals surface area contributed by atoms with Crippen molar-refractivity contribution in [2.45, 2.75) is 13.5 Å². The Labute approximate surface area is 190 Å². The summed E-state index contributed by atoms with van der Waals surface area (Å²) < 4.78 is 37.8. The minimum absolute atomic E-state index is 0.0417. The lowest BCUT2D eigenvalue weighted by Gasteiger charge is -2.09. The fourth-order valence-electron chi connectivity index (χ4n) is 2.93. The van der Waals surface area contributed by atoms with Crippen molar-refractivity contribution in [3.8, 4) is 11.3 Å². The van der Waals surface area contributed by atoms with Crippen molar-refractivity contribution < 1.29 is 22.8 Å². The molecule has 12 heteroatoms. The smallest absolute Gasteiger partial charge is 0.344 e. The number of halogens is 3. The number of hydrogen-bond donors (Lipinski definition) is 2. The van der Waals surface area contributed by atoms with Crippen molar-refractivity contribution in [1.29, 1.82) is 0 Å². The van der Waals surface area contributed by atoms with E-state index in [2.05, 4.69) is 25.4 Å². The lowest BCUT2D eigenvalue weighted by Crippen LogP contribution is -2.12. The molecule has 4 rings (SSSR count). The average molecular weight is 473 g/mol. The van der Waals surface area contributed by atoms with E-state index in [4.69, 9.17) is 26.6 Å². The molecule has 2 aromatic heterocycles. The van der Waals surface area contributed by atoms with Gasteiger partial charge in [0.25, 0.3) is 0 Å². The van der Waals surface area contributed by atoms with Crippen LogP contribution in [0.25, 0.3) is 11.3 Å². The number of nitrogens with two attached hydrogens (primary N) is 1. The molecule has 0 aliphatic rings. The van der Waals surface area contributed by atoms with E-state index in [1.54, 1.807) is 0 Å². The SMILES string of the molecule is Cc1onc(-c2c(F)cccc2Cl)c1C(=O)OCc1nc(N)nc(Nc2ccc(F)cc2)n1.